The molecule has 1 aromatic heterocycles. The van der Waals surface area contributed by atoms with Gasteiger partial charge in [-0.15, -0.1) is 10.2 Å². The number of ether oxygens (including phenoxy) is 1. The molecule has 8 nitrogen and oxygen atoms in total. The van der Waals surface area contributed by atoms with Crippen LogP contribution in [0.1, 0.15) is 53.3 Å². The van der Waals surface area contributed by atoms with Crippen molar-refractivity contribution in [3.8, 4) is 11.4 Å². The fourth-order valence-electron chi connectivity index (χ4n) is 4.60. The van der Waals surface area contributed by atoms with E-state index in [9.17, 15) is 4.79 Å². The molecule has 4 aromatic rings. The molecular weight excluding hydrogens is 500 g/mol. The maximum atomic E-state index is 12.6. The Morgan fingerprint density at radius 1 is 1.08 bits per heavy atom. The summed E-state index contributed by atoms with van der Waals surface area (Å²) in [5.74, 6) is 1.92. The number of aryl methyl sites for hydroxylation is 1. The normalized spacial score (nSPS) is 14.2. The number of nitrogens with two attached hydrogens (primary N) is 1. The maximum absolute atomic E-state index is 12.6. The SMILES string of the molecule is CCNC(=O)C[C@@H]1N=C(c2ccc(Cl)cc2)c2cc(OCc3cccc(CN)c3)ccc2-n2c(C)nnc21. The zero-order chi connectivity index (χ0) is 26.6. The molecule has 9 heteroatoms. The topological polar surface area (TPSA) is 107 Å². The van der Waals surface area contributed by atoms with E-state index in [2.05, 4.69) is 15.5 Å². The number of hydrogen-bond donors (Lipinski definition) is 2. The number of aromatic nitrogens is 3. The molecule has 1 aliphatic heterocycles. The quantitative estimate of drug-likeness (QED) is 0.345. The lowest BCUT2D eigenvalue weighted by Crippen LogP contribution is -2.25. The average molecular weight is 529 g/mol. The van der Waals surface area contributed by atoms with Gasteiger partial charge < -0.3 is 15.8 Å². The second-order valence-corrected chi connectivity index (χ2v) is 9.53. The van der Waals surface area contributed by atoms with Crippen molar-refractivity contribution in [1.29, 1.82) is 0 Å². The first kappa shape index (κ1) is 25.6. The molecule has 0 fully saturated rings. The highest BCUT2D eigenvalue weighted by Gasteiger charge is 2.30. The Morgan fingerprint density at radius 3 is 2.63 bits per heavy atom. The lowest BCUT2D eigenvalue weighted by molar-refractivity contribution is -0.121. The Bertz CT molecular complexity index is 1500. The van der Waals surface area contributed by atoms with E-state index in [0.717, 1.165) is 33.7 Å². The average Bonchev–Trinajstić information content (AvgIpc) is 3.25. The standard InChI is InChI=1S/C29H29ClN6O2/c1-3-32-27(37)15-25-29-35-34-18(2)36(29)26-12-11-23(38-17-20-6-4-5-19(13-20)16-31)14-24(26)28(33-25)21-7-9-22(30)10-8-21/h4-14,25H,3,15-17,31H2,1-2H3,(H,32,37)/t25-/m0/s1. The maximum Gasteiger partial charge on any atom is 0.222 e. The second-order valence-electron chi connectivity index (χ2n) is 9.09. The van der Waals surface area contributed by atoms with Gasteiger partial charge in [0.25, 0.3) is 0 Å². The van der Waals surface area contributed by atoms with Gasteiger partial charge in [0.2, 0.25) is 5.91 Å². The van der Waals surface area contributed by atoms with Gasteiger partial charge in [0.05, 0.1) is 17.8 Å². The minimum absolute atomic E-state index is 0.0985. The Labute approximate surface area is 226 Å². The van der Waals surface area contributed by atoms with Crippen LogP contribution >= 0.6 is 11.6 Å². The highest BCUT2D eigenvalue weighted by molar-refractivity contribution is 6.30. The van der Waals surface area contributed by atoms with Gasteiger partial charge >= 0.3 is 0 Å². The molecule has 3 N–H and O–H groups in total. The van der Waals surface area contributed by atoms with Crippen LogP contribution in [0.2, 0.25) is 5.02 Å². The van der Waals surface area contributed by atoms with Crippen molar-refractivity contribution in [2.24, 2.45) is 10.7 Å². The zero-order valence-electron chi connectivity index (χ0n) is 21.3. The number of carbonyl (C=O) groups excluding carboxylic acids is 1. The minimum Gasteiger partial charge on any atom is -0.489 e. The summed E-state index contributed by atoms with van der Waals surface area (Å²) in [6, 6.07) is 20.9. The van der Waals surface area contributed by atoms with Crippen LogP contribution in [0.3, 0.4) is 0 Å². The highest BCUT2D eigenvalue weighted by atomic mass is 35.5. The van der Waals surface area contributed by atoms with E-state index < -0.39 is 6.04 Å². The molecule has 5 rings (SSSR count). The number of halogens is 1. The van der Waals surface area contributed by atoms with Crippen molar-refractivity contribution in [3.63, 3.8) is 0 Å². The van der Waals surface area contributed by atoms with E-state index in [1.54, 1.807) is 0 Å². The Balaban J connectivity index is 1.60. The predicted octanol–water partition coefficient (Wildman–Crippen LogP) is 4.69. The van der Waals surface area contributed by atoms with Crippen molar-refractivity contribution in [1.82, 2.24) is 20.1 Å². The number of nitrogens with one attached hydrogen (secondary N) is 1. The lowest BCUT2D eigenvalue weighted by Gasteiger charge is -2.15. The zero-order valence-corrected chi connectivity index (χ0v) is 22.1. The third-order valence-electron chi connectivity index (χ3n) is 6.40. The third kappa shape index (κ3) is 5.32. The van der Waals surface area contributed by atoms with Crippen LogP contribution in [0, 0.1) is 6.92 Å². The van der Waals surface area contributed by atoms with Crippen molar-refractivity contribution >= 4 is 23.2 Å². The number of benzene rings is 3. The van der Waals surface area contributed by atoms with E-state index >= 15 is 0 Å². The molecule has 2 heterocycles. The number of amides is 1. The molecule has 0 saturated carbocycles. The van der Waals surface area contributed by atoms with Crippen molar-refractivity contribution in [3.05, 3.63) is 106 Å². The Morgan fingerprint density at radius 2 is 1.87 bits per heavy atom. The van der Waals surface area contributed by atoms with Crippen LogP contribution < -0.4 is 15.8 Å². The summed E-state index contributed by atoms with van der Waals surface area (Å²) in [6.45, 7) is 5.21. The summed E-state index contributed by atoms with van der Waals surface area (Å²) in [4.78, 5) is 17.7. The van der Waals surface area contributed by atoms with E-state index in [1.165, 1.54) is 0 Å². The van der Waals surface area contributed by atoms with Crippen LogP contribution in [0.15, 0.2) is 71.7 Å². The van der Waals surface area contributed by atoms with Gasteiger partial charge in [-0.05, 0) is 55.3 Å². The summed E-state index contributed by atoms with van der Waals surface area (Å²) in [5, 5.41) is 12.3. The molecule has 1 aliphatic rings. The molecule has 0 spiro atoms. The summed E-state index contributed by atoms with van der Waals surface area (Å²) >= 11 is 6.19. The van der Waals surface area contributed by atoms with Gasteiger partial charge in [-0.1, -0.05) is 48.0 Å². The largest absolute Gasteiger partial charge is 0.489 e. The molecule has 0 aliphatic carbocycles. The number of fused-ring (bicyclic) bond motifs is 3. The highest BCUT2D eigenvalue weighted by Crippen LogP contribution is 2.34. The van der Waals surface area contributed by atoms with Crippen molar-refractivity contribution in [2.45, 2.75) is 39.5 Å². The van der Waals surface area contributed by atoms with E-state index in [-0.39, 0.29) is 12.3 Å². The van der Waals surface area contributed by atoms with Crippen LogP contribution in [0.25, 0.3) is 5.69 Å². The van der Waals surface area contributed by atoms with Gasteiger partial charge in [0.1, 0.15) is 24.2 Å². The first-order valence-electron chi connectivity index (χ1n) is 12.5. The molecule has 0 bridgehead atoms. The smallest absolute Gasteiger partial charge is 0.222 e. The van der Waals surface area contributed by atoms with Crippen LogP contribution in [-0.2, 0) is 17.9 Å². The lowest BCUT2D eigenvalue weighted by atomic mass is 10.00. The van der Waals surface area contributed by atoms with Gasteiger partial charge in [0, 0.05) is 29.2 Å². The summed E-state index contributed by atoms with van der Waals surface area (Å²) in [6.07, 6.45) is 0.151. The first-order valence-corrected chi connectivity index (χ1v) is 12.9. The number of rotatable bonds is 8. The summed E-state index contributed by atoms with van der Waals surface area (Å²) < 4.78 is 8.18. The predicted molar refractivity (Wildman–Crippen MR) is 148 cm³/mol. The molecule has 0 saturated heterocycles. The number of carbonyl (C=O) groups is 1. The van der Waals surface area contributed by atoms with Gasteiger partial charge in [-0.25, -0.2) is 0 Å². The van der Waals surface area contributed by atoms with Crippen LogP contribution in [0.5, 0.6) is 5.75 Å². The van der Waals surface area contributed by atoms with E-state index in [4.69, 9.17) is 27.1 Å². The fraction of sp³-hybridized carbons (Fsp3) is 0.241. The third-order valence-corrected chi connectivity index (χ3v) is 6.65. The van der Waals surface area contributed by atoms with E-state index in [0.29, 0.717) is 42.1 Å². The van der Waals surface area contributed by atoms with Crippen LogP contribution in [0.4, 0.5) is 0 Å². The molecular formula is C29H29ClN6O2. The summed E-state index contributed by atoms with van der Waals surface area (Å²) in [7, 11) is 0. The fourth-order valence-corrected chi connectivity index (χ4v) is 4.72. The number of hydrogen-bond acceptors (Lipinski definition) is 6. The molecule has 0 unspecified atom stereocenters. The molecule has 3 aromatic carbocycles. The molecule has 38 heavy (non-hydrogen) atoms. The van der Waals surface area contributed by atoms with E-state index in [1.807, 2.05) is 85.1 Å². The molecule has 1 atom stereocenters. The monoisotopic (exact) mass is 528 g/mol. The van der Waals surface area contributed by atoms with Gasteiger partial charge in [-0.3, -0.25) is 14.4 Å². The molecule has 0 radical (unpaired) electrons. The number of nitrogens with zero attached hydrogens (tertiary/aromatic N) is 4. The van der Waals surface area contributed by atoms with Crippen LogP contribution in [-0.4, -0.2) is 32.9 Å². The van der Waals surface area contributed by atoms with Gasteiger partial charge in [0.15, 0.2) is 5.82 Å². The molecule has 194 valence electrons. The summed E-state index contributed by atoms with van der Waals surface area (Å²) in [5.41, 5.74) is 11.2. The molecule has 1 amide bonds. The van der Waals surface area contributed by atoms with Crippen molar-refractivity contribution < 1.29 is 9.53 Å². The number of aliphatic imine (C=N–C) groups is 1. The first-order chi connectivity index (χ1) is 18.5. The van der Waals surface area contributed by atoms with Crippen molar-refractivity contribution in [2.75, 3.05) is 6.54 Å². The van der Waals surface area contributed by atoms with Gasteiger partial charge in [-0.2, -0.15) is 0 Å². The Hall–Kier alpha value is -4.01. The minimum atomic E-state index is -0.524. The second kappa shape index (κ2) is 11.2. The Kier molecular flexibility index (Phi) is 7.53.